The van der Waals surface area contributed by atoms with Crippen LogP contribution in [0.5, 0.6) is 0 Å². The third-order valence-electron chi connectivity index (χ3n) is 6.62. The van der Waals surface area contributed by atoms with Crippen LogP contribution in [-0.4, -0.2) is 28.5 Å². The molecule has 1 saturated heterocycles. The molecule has 2 bridgehead atoms. The molecule has 0 saturated carbocycles. The lowest BCUT2D eigenvalue weighted by molar-refractivity contribution is -0.384. The summed E-state index contributed by atoms with van der Waals surface area (Å²) in [5.41, 5.74) is 2.50. The molecule has 0 unspecified atom stereocenters. The standard InChI is InChI=1S/C25H23ClN4O4/c26-20-7-4-16(5-8-20)12-27-25(32)18-6-9-22(23(11-18)30(33)34)28-13-17-10-19(15-28)21-2-1-3-24(31)29(21)14-17/h1-9,11,17,19H,10,12-15H2,(H,27,32)/t17-,19+/m1/s1. The highest BCUT2D eigenvalue weighted by molar-refractivity contribution is 6.30. The predicted molar refractivity (Wildman–Crippen MR) is 129 cm³/mol. The Labute approximate surface area is 200 Å². The van der Waals surface area contributed by atoms with Gasteiger partial charge in [-0.05, 0) is 48.2 Å². The Hall–Kier alpha value is -3.65. The molecule has 174 valence electrons. The van der Waals surface area contributed by atoms with Gasteiger partial charge in [-0.25, -0.2) is 0 Å². The molecular formula is C25H23ClN4O4. The van der Waals surface area contributed by atoms with Crippen molar-refractivity contribution < 1.29 is 9.72 Å². The summed E-state index contributed by atoms with van der Waals surface area (Å²) < 4.78 is 1.83. The molecule has 1 aromatic heterocycles. The van der Waals surface area contributed by atoms with Gasteiger partial charge in [0.25, 0.3) is 17.2 Å². The Morgan fingerprint density at radius 1 is 1.09 bits per heavy atom. The van der Waals surface area contributed by atoms with Crippen molar-refractivity contribution in [3.63, 3.8) is 0 Å². The maximum absolute atomic E-state index is 12.7. The van der Waals surface area contributed by atoms with E-state index in [9.17, 15) is 19.7 Å². The normalized spacial score (nSPS) is 18.8. The largest absolute Gasteiger partial charge is 0.365 e. The van der Waals surface area contributed by atoms with E-state index >= 15 is 0 Å². The first-order chi connectivity index (χ1) is 16.4. The summed E-state index contributed by atoms with van der Waals surface area (Å²) in [6.07, 6.45) is 0.957. The number of carbonyl (C=O) groups is 1. The van der Waals surface area contributed by atoms with Gasteiger partial charge >= 0.3 is 0 Å². The van der Waals surface area contributed by atoms with Gasteiger partial charge in [-0.3, -0.25) is 19.7 Å². The van der Waals surface area contributed by atoms with E-state index in [1.54, 1.807) is 36.4 Å². The first kappa shape index (κ1) is 22.2. The fourth-order valence-corrected chi connectivity index (χ4v) is 5.18. The number of benzene rings is 2. The Bertz CT molecular complexity index is 1320. The number of anilines is 1. The van der Waals surface area contributed by atoms with Crippen LogP contribution in [0.1, 0.15) is 34.0 Å². The number of nitrogens with zero attached hydrogens (tertiary/aromatic N) is 3. The van der Waals surface area contributed by atoms with Crippen molar-refractivity contribution >= 4 is 28.9 Å². The Balaban J connectivity index is 1.37. The Morgan fingerprint density at radius 3 is 2.65 bits per heavy atom. The van der Waals surface area contributed by atoms with Crippen molar-refractivity contribution in [3.05, 3.63) is 103 Å². The van der Waals surface area contributed by atoms with Crippen molar-refractivity contribution in [1.82, 2.24) is 9.88 Å². The minimum Gasteiger partial charge on any atom is -0.365 e. The second kappa shape index (κ2) is 8.95. The van der Waals surface area contributed by atoms with Crippen LogP contribution in [0.2, 0.25) is 5.02 Å². The highest BCUT2D eigenvalue weighted by Crippen LogP contribution is 2.39. The lowest BCUT2D eigenvalue weighted by Crippen LogP contribution is -2.47. The minimum absolute atomic E-state index is 0.000552. The van der Waals surface area contributed by atoms with Gasteiger partial charge < -0.3 is 14.8 Å². The van der Waals surface area contributed by atoms with Crippen LogP contribution >= 0.6 is 11.6 Å². The van der Waals surface area contributed by atoms with Crippen LogP contribution in [0, 0.1) is 16.0 Å². The van der Waals surface area contributed by atoms with Crippen molar-refractivity contribution in [1.29, 1.82) is 0 Å². The van der Waals surface area contributed by atoms with E-state index < -0.39 is 4.92 Å². The fourth-order valence-electron chi connectivity index (χ4n) is 5.06. The molecular weight excluding hydrogens is 456 g/mol. The fraction of sp³-hybridized carbons (Fsp3) is 0.280. The van der Waals surface area contributed by atoms with E-state index in [-0.39, 0.29) is 34.6 Å². The van der Waals surface area contributed by atoms with Crippen LogP contribution < -0.4 is 15.8 Å². The quantitative estimate of drug-likeness (QED) is 0.442. The summed E-state index contributed by atoms with van der Waals surface area (Å²) in [5, 5.41) is 15.3. The van der Waals surface area contributed by atoms with Gasteiger partial charge in [-0.15, -0.1) is 0 Å². The first-order valence-electron chi connectivity index (χ1n) is 11.1. The van der Waals surface area contributed by atoms with Crippen LogP contribution in [0.15, 0.2) is 65.5 Å². The molecule has 2 aromatic carbocycles. The van der Waals surface area contributed by atoms with E-state index in [4.69, 9.17) is 11.6 Å². The molecule has 2 atom stereocenters. The molecule has 34 heavy (non-hydrogen) atoms. The van der Waals surface area contributed by atoms with Gasteiger partial charge in [0.15, 0.2) is 0 Å². The van der Waals surface area contributed by atoms with Crippen LogP contribution in [0.25, 0.3) is 0 Å². The van der Waals surface area contributed by atoms with Gasteiger partial charge in [-0.2, -0.15) is 0 Å². The summed E-state index contributed by atoms with van der Waals surface area (Å²) in [5.74, 6) is -0.0231. The van der Waals surface area contributed by atoms with E-state index in [2.05, 4.69) is 5.32 Å². The molecule has 1 fully saturated rings. The molecule has 8 nitrogen and oxygen atoms in total. The average Bonchev–Trinajstić information content (AvgIpc) is 2.83. The lowest BCUT2D eigenvalue weighted by atomic mass is 9.83. The summed E-state index contributed by atoms with van der Waals surface area (Å²) in [4.78, 5) is 38.5. The number of piperidine rings is 1. The van der Waals surface area contributed by atoms with Crippen LogP contribution in [0.4, 0.5) is 11.4 Å². The number of hydrogen-bond donors (Lipinski definition) is 1. The predicted octanol–water partition coefficient (Wildman–Crippen LogP) is 3.96. The monoisotopic (exact) mass is 478 g/mol. The lowest BCUT2D eigenvalue weighted by Gasteiger charge is -2.43. The van der Waals surface area contributed by atoms with E-state index in [1.807, 2.05) is 27.7 Å². The van der Waals surface area contributed by atoms with E-state index in [0.717, 1.165) is 17.7 Å². The molecule has 3 aromatic rings. The summed E-state index contributed by atoms with van der Waals surface area (Å²) in [6, 6.07) is 17.1. The number of nitrogens with one attached hydrogen (secondary N) is 1. The number of amides is 1. The summed E-state index contributed by atoms with van der Waals surface area (Å²) in [7, 11) is 0. The number of hydrogen-bond acceptors (Lipinski definition) is 5. The second-order valence-electron chi connectivity index (χ2n) is 8.87. The van der Waals surface area contributed by atoms with Crippen LogP contribution in [0.3, 0.4) is 0 Å². The number of nitro groups is 1. The van der Waals surface area contributed by atoms with Gasteiger partial charge in [-0.1, -0.05) is 29.8 Å². The molecule has 9 heteroatoms. The maximum Gasteiger partial charge on any atom is 0.293 e. The molecule has 0 spiro atoms. The third-order valence-corrected chi connectivity index (χ3v) is 6.87. The molecule has 5 rings (SSSR count). The first-order valence-corrected chi connectivity index (χ1v) is 11.5. The van der Waals surface area contributed by atoms with Gasteiger partial charge in [0.1, 0.15) is 5.69 Å². The highest BCUT2D eigenvalue weighted by Gasteiger charge is 2.36. The number of aromatic nitrogens is 1. The average molecular weight is 479 g/mol. The second-order valence-corrected chi connectivity index (χ2v) is 9.31. The van der Waals surface area contributed by atoms with Crippen molar-refractivity contribution in [2.45, 2.75) is 25.4 Å². The van der Waals surface area contributed by atoms with E-state index in [0.29, 0.717) is 36.9 Å². The Kier molecular flexibility index (Phi) is 5.83. The molecule has 2 aliphatic rings. The summed E-state index contributed by atoms with van der Waals surface area (Å²) in [6.45, 7) is 2.12. The van der Waals surface area contributed by atoms with Crippen molar-refractivity contribution in [2.24, 2.45) is 5.92 Å². The molecule has 1 amide bonds. The molecule has 3 heterocycles. The van der Waals surface area contributed by atoms with Crippen molar-refractivity contribution in [2.75, 3.05) is 18.0 Å². The van der Waals surface area contributed by atoms with Gasteiger partial charge in [0, 0.05) is 60.5 Å². The highest BCUT2D eigenvalue weighted by atomic mass is 35.5. The van der Waals surface area contributed by atoms with Gasteiger partial charge in [0.2, 0.25) is 0 Å². The van der Waals surface area contributed by atoms with E-state index in [1.165, 1.54) is 6.07 Å². The number of halogens is 1. The Morgan fingerprint density at radius 2 is 1.88 bits per heavy atom. The number of rotatable bonds is 5. The molecule has 0 aliphatic carbocycles. The maximum atomic E-state index is 12.7. The number of nitro benzene ring substituents is 1. The number of pyridine rings is 1. The number of carbonyl (C=O) groups excluding carboxylic acids is 1. The number of fused-ring (bicyclic) bond motifs is 4. The third kappa shape index (κ3) is 4.28. The zero-order valence-corrected chi connectivity index (χ0v) is 19.1. The minimum atomic E-state index is -0.436. The topological polar surface area (TPSA) is 97.5 Å². The summed E-state index contributed by atoms with van der Waals surface area (Å²) >= 11 is 5.89. The smallest absolute Gasteiger partial charge is 0.293 e. The molecule has 0 radical (unpaired) electrons. The zero-order chi connectivity index (χ0) is 23.8. The zero-order valence-electron chi connectivity index (χ0n) is 18.3. The van der Waals surface area contributed by atoms with Gasteiger partial charge in [0.05, 0.1) is 4.92 Å². The molecule has 1 N–H and O–H groups in total. The molecule has 2 aliphatic heterocycles. The SMILES string of the molecule is O=C(NCc1ccc(Cl)cc1)c1ccc(N2C[C@H]3C[C@@H](C2)c2cccc(=O)n2C3)c([N+](=O)[O-])c1. The van der Waals surface area contributed by atoms with Crippen molar-refractivity contribution in [3.8, 4) is 0 Å². The van der Waals surface area contributed by atoms with Crippen LogP contribution in [-0.2, 0) is 13.1 Å².